The van der Waals surface area contributed by atoms with Crippen LogP contribution in [0.25, 0.3) is 0 Å². The summed E-state index contributed by atoms with van der Waals surface area (Å²) in [5, 5.41) is 5.35. The molecule has 1 heterocycles. The zero-order chi connectivity index (χ0) is 9.97. The van der Waals surface area contributed by atoms with Gasteiger partial charge in [-0.1, -0.05) is 29.8 Å². The third-order valence-electron chi connectivity index (χ3n) is 2.17. The SMILES string of the molecule is Cc1ccc(Cc2cc(=O)[nH][nH]2)cc1. The molecule has 0 radical (unpaired) electrons. The molecule has 72 valence electrons. The lowest BCUT2D eigenvalue weighted by atomic mass is 10.1. The molecule has 2 rings (SSSR count). The topological polar surface area (TPSA) is 48.6 Å². The van der Waals surface area contributed by atoms with E-state index >= 15 is 0 Å². The molecule has 2 N–H and O–H groups in total. The largest absolute Gasteiger partial charge is 0.302 e. The number of hydrogen-bond donors (Lipinski definition) is 2. The zero-order valence-electron chi connectivity index (χ0n) is 8.00. The van der Waals surface area contributed by atoms with Crippen LogP contribution in [-0.4, -0.2) is 10.2 Å². The van der Waals surface area contributed by atoms with Gasteiger partial charge in [-0.25, -0.2) is 0 Å². The Morgan fingerprint density at radius 3 is 2.43 bits per heavy atom. The smallest absolute Gasteiger partial charge is 0.264 e. The van der Waals surface area contributed by atoms with E-state index in [0.29, 0.717) is 0 Å². The minimum atomic E-state index is -0.0767. The van der Waals surface area contributed by atoms with Crippen LogP contribution in [0.5, 0.6) is 0 Å². The summed E-state index contributed by atoms with van der Waals surface area (Å²) in [6.07, 6.45) is 0.763. The second kappa shape index (κ2) is 3.54. The number of aryl methyl sites for hydroxylation is 1. The third-order valence-corrected chi connectivity index (χ3v) is 2.17. The second-order valence-electron chi connectivity index (χ2n) is 3.45. The van der Waals surface area contributed by atoms with Crippen LogP contribution < -0.4 is 5.56 Å². The van der Waals surface area contributed by atoms with Gasteiger partial charge in [-0.15, -0.1) is 0 Å². The summed E-state index contributed by atoms with van der Waals surface area (Å²) in [5.41, 5.74) is 3.29. The van der Waals surface area contributed by atoms with Crippen LogP contribution in [0.2, 0.25) is 0 Å². The second-order valence-corrected chi connectivity index (χ2v) is 3.45. The quantitative estimate of drug-likeness (QED) is 0.739. The number of aromatic amines is 2. The fourth-order valence-corrected chi connectivity index (χ4v) is 1.39. The average molecular weight is 188 g/mol. The van der Waals surface area contributed by atoms with E-state index in [-0.39, 0.29) is 5.56 Å². The van der Waals surface area contributed by atoms with Gasteiger partial charge >= 0.3 is 0 Å². The monoisotopic (exact) mass is 188 g/mol. The molecular weight excluding hydrogens is 176 g/mol. The van der Waals surface area contributed by atoms with Crippen LogP contribution in [0.3, 0.4) is 0 Å². The highest BCUT2D eigenvalue weighted by atomic mass is 16.1. The van der Waals surface area contributed by atoms with Gasteiger partial charge in [0.15, 0.2) is 0 Å². The lowest BCUT2D eigenvalue weighted by molar-refractivity contribution is 0.982. The molecule has 1 aromatic carbocycles. The molecule has 0 saturated heterocycles. The molecule has 0 aliphatic heterocycles. The Morgan fingerprint density at radius 2 is 1.86 bits per heavy atom. The summed E-state index contributed by atoms with van der Waals surface area (Å²) < 4.78 is 0. The van der Waals surface area contributed by atoms with Crippen molar-refractivity contribution in [3.8, 4) is 0 Å². The van der Waals surface area contributed by atoms with E-state index in [1.54, 1.807) is 6.07 Å². The van der Waals surface area contributed by atoms with Gasteiger partial charge in [0.1, 0.15) is 0 Å². The van der Waals surface area contributed by atoms with Gasteiger partial charge in [-0.2, -0.15) is 0 Å². The predicted octanol–water partition coefficient (Wildman–Crippen LogP) is 1.60. The van der Waals surface area contributed by atoms with Crippen LogP contribution >= 0.6 is 0 Å². The Labute approximate surface area is 81.8 Å². The van der Waals surface area contributed by atoms with Crippen molar-refractivity contribution in [2.75, 3.05) is 0 Å². The zero-order valence-corrected chi connectivity index (χ0v) is 8.00. The normalized spacial score (nSPS) is 10.4. The molecule has 0 spiro atoms. The number of aromatic nitrogens is 2. The van der Waals surface area contributed by atoms with Crippen molar-refractivity contribution in [2.45, 2.75) is 13.3 Å². The minimum Gasteiger partial charge on any atom is -0.302 e. The molecule has 0 bridgehead atoms. The summed E-state index contributed by atoms with van der Waals surface area (Å²) in [5.74, 6) is 0. The standard InChI is InChI=1S/C11H12N2O/c1-8-2-4-9(5-3-8)6-10-7-11(14)13-12-10/h2-5,7H,6H2,1H3,(H2,12,13,14). The predicted molar refractivity (Wildman–Crippen MR) is 55.4 cm³/mol. The van der Waals surface area contributed by atoms with E-state index in [2.05, 4.69) is 41.4 Å². The number of H-pyrrole nitrogens is 2. The molecule has 0 saturated carbocycles. The maximum absolute atomic E-state index is 10.8. The Bertz CT molecular complexity index is 465. The molecule has 0 aliphatic rings. The van der Waals surface area contributed by atoms with Crippen molar-refractivity contribution in [1.82, 2.24) is 10.2 Å². The summed E-state index contributed by atoms with van der Waals surface area (Å²) >= 11 is 0. The fourth-order valence-electron chi connectivity index (χ4n) is 1.39. The minimum absolute atomic E-state index is 0.0767. The molecule has 0 amide bonds. The first kappa shape index (κ1) is 8.81. The van der Waals surface area contributed by atoms with Crippen molar-refractivity contribution >= 4 is 0 Å². The van der Waals surface area contributed by atoms with Crippen LogP contribution in [0, 0.1) is 6.92 Å². The Kier molecular flexibility index (Phi) is 2.23. The number of rotatable bonds is 2. The van der Waals surface area contributed by atoms with Gasteiger partial charge in [0, 0.05) is 18.2 Å². The van der Waals surface area contributed by atoms with E-state index in [0.717, 1.165) is 12.1 Å². The first-order valence-electron chi connectivity index (χ1n) is 4.56. The van der Waals surface area contributed by atoms with Gasteiger partial charge in [0.05, 0.1) is 0 Å². The van der Waals surface area contributed by atoms with E-state index in [9.17, 15) is 4.79 Å². The van der Waals surface area contributed by atoms with Gasteiger partial charge in [-0.05, 0) is 12.5 Å². The molecule has 1 aromatic heterocycles. The maximum Gasteiger partial charge on any atom is 0.264 e. The van der Waals surface area contributed by atoms with E-state index < -0.39 is 0 Å². The van der Waals surface area contributed by atoms with Crippen LogP contribution in [0.1, 0.15) is 16.8 Å². The molecule has 3 heteroatoms. The Balaban J connectivity index is 2.19. The first-order valence-corrected chi connectivity index (χ1v) is 4.56. The van der Waals surface area contributed by atoms with Crippen molar-refractivity contribution in [2.24, 2.45) is 0 Å². The van der Waals surface area contributed by atoms with Crippen LogP contribution in [-0.2, 0) is 6.42 Å². The highest BCUT2D eigenvalue weighted by Crippen LogP contribution is 2.06. The number of nitrogens with one attached hydrogen (secondary N) is 2. The molecule has 3 nitrogen and oxygen atoms in total. The highest BCUT2D eigenvalue weighted by molar-refractivity contribution is 5.24. The number of hydrogen-bond acceptors (Lipinski definition) is 1. The summed E-state index contributed by atoms with van der Waals surface area (Å²) in [4.78, 5) is 10.8. The molecular formula is C11H12N2O. The summed E-state index contributed by atoms with van der Waals surface area (Å²) in [6, 6.07) is 9.86. The molecule has 0 unspecified atom stereocenters. The van der Waals surface area contributed by atoms with Crippen molar-refractivity contribution in [3.05, 3.63) is 57.5 Å². The molecule has 0 aliphatic carbocycles. The van der Waals surface area contributed by atoms with Gasteiger partial charge in [0.25, 0.3) is 5.56 Å². The molecule has 0 atom stereocenters. The van der Waals surface area contributed by atoms with E-state index in [1.807, 2.05) is 0 Å². The number of benzene rings is 1. The van der Waals surface area contributed by atoms with Gasteiger partial charge in [-0.3, -0.25) is 9.89 Å². The summed E-state index contributed by atoms with van der Waals surface area (Å²) in [7, 11) is 0. The lowest BCUT2D eigenvalue weighted by Gasteiger charge is -1.98. The van der Waals surface area contributed by atoms with Crippen LogP contribution in [0.15, 0.2) is 35.1 Å². The Morgan fingerprint density at radius 1 is 1.14 bits per heavy atom. The summed E-state index contributed by atoms with van der Waals surface area (Å²) in [6.45, 7) is 2.06. The Hall–Kier alpha value is -1.77. The van der Waals surface area contributed by atoms with Crippen LogP contribution in [0.4, 0.5) is 0 Å². The molecule has 2 aromatic rings. The third kappa shape index (κ3) is 1.93. The van der Waals surface area contributed by atoms with Crippen molar-refractivity contribution in [1.29, 1.82) is 0 Å². The van der Waals surface area contributed by atoms with Crippen molar-refractivity contribution in [3.63, 3.8) is 0 Å². The molecule has 14 heavy (non-hydrogen) atoms. The maximum atomic E-state index is 10.8. The molecule has 0 fully saturated rings. The van der Waals surface area contributed by atoms with E-state index in [1.165, 1.54) is 11.1 Å². The lowest BCUT2D eigenvalue weighted by Crippen LogP contribution is -1.93. The van der Waals surface area contributed by atoms with Gasteiger partial charge in [0.2, 0.25) is 0 Å². The average Bonchev–Trinajstić information content (AvgIpc) is 2.56. The highest BCUT2D eigenvalue weighted by Gasteiger charge is 1.98. The van der Waals surface area contributed by atoms with Crippen molar-refractivity contribution < 1.29 is 0 Å². The van der Waals surface area contributed by atoms with E-state index in [4.69, 9.17) is 0 Å². The first-order chi connectivity index (χ1) is 6.74. The fraction of sp³-hybridized carbons (Fsp3) is 0.182. The van der Waals surface area contributed by atoms with Gasteiger partial charge < -0.3 is 5.10 Å².